The molecule has 0 spiro atoms. The molecule has 0 unspecified atom stereocenters. The van der Waals surface area contributed by atoms with Gasteiger partial charge in [-0.2, -0.15) is 0 Å². The van der Waals surface area contributed by atoms with Crippen LogP contribution in [-0.4, -0.2) is 15.2 Å². The van der Waals surface area contributed by atoms with Crippen molar-refractivity contribution in [3.63, 3.8) is 0 Å². The van der Waals surface area contributed by atoms with Crippen molar-refractivity contribution in [2.75, 3.05) is 0 Å². The maximum Gasteiger partial charge on any atom is 0.159 e. The molecular formula is C12H11ClN2O. The molecule has 2 aromatic rings. The van der Waals surface area contributed by atoms with Crippen molar-refractivity contribution in [2.24, 2.45) is 0 Å². The van der Waals surface area contributed by atoms with Gasteiger partial charge in [-0.15, -0.1) is 0 Å². The molecule has 3 rings (SSSR count). The molecule has 2 heterocycles. The van der Waals surface area contributed by atoms with Crippen LogP contribution in [0.5, 0.6) is 0 Å². The molecule has 0 bridgehead atoms. The van der Waals surface area contributed by atoms with Crippen LogP contribution in [0.2, 0.25) is 5.15 Å². The first-order valence-corrected chi connectivity index (χ1v) is 5.73. The van der Waals surface area contributed by atoms with Gasteiger partial charge in [-0.25, -0.2) is 4.98 Å². The summed E-state index contributed by atoms with van der Waals surface area (Å²) in [5.74, 6) is 1.62. The zero-order valence-electron chi connectivity index (χ0n) is 8.90. The molecule has 4 heteroatoms. The lowest BCUT2D eigenvalue weighted by Gasteiger charge is -2.00. The normalized spacial score (nSPS) is 15.6. The molecule has 1 saturated carbocycles. The van der Waals surface area contributed by atoms with E-state index in [1.165, 1.54) is 12.8 Å². The van der Waals surface area contributed by atoms with Gasteiger partial charge in [0.05, 0.1) is 5.52 Å². The molecule has 1 aliphatic carbocycles. The molecule has 0 atom stereocenters. The second-order valence-corrected chi connectivity index (χ2v) is 4.62. The highest BCUT2D eigenvalue weighted by molar-refractivity contribution is 6.32. The number of carbonyl (C=O) groups is 1. The largest absolute Gasteiger partial charge is 0.302 e. The van der Waals surface area contributed by atoms with Crippen molar-refractivity contribution >= 4 is 22.9 Å². The lowest BCUT2D eigenvalue weighted by molar-refractivity contribution is 0.101. The summed E-state index contributed by atoms with van der Waals surface area (Å²) < 4.78 is 1.99. The van der Waals surface area contributed by atoms with Gasteiger partial charge in [0, 0.05) is 17.7 Å². The van der Waals surface area contributed by atoms with Crippen LogP contribution in [0.4, 0.5) is 0 Å². The third kappa shape index (κ3) is 1.43. The molecule has 0 radical (unpaired) electrons. The van der Waals surface area contributed by atoms with Crippen LogP contribution in [0.25, 0.3) is 5.52 Å². The second-order valence-electron chi connectivity index (χ2n) is 4.26. The first-order valence-electron chi connectivity index (χ1n) is 5.35. The van der Waals surface area contributed by atoms with E-state index in [1.807, 2.05) is 22.7 Å². The summed E-state index contributed by atoms with van der Waals surface area (Å²) >= 11 is 6.08. The van der Waals surface area contributed by atoms with Crippen molar-refractivity contribution < 1.29 is 4.79 Å². The van der Waals surface area contributed by atoms with Gasteiger partial charge < -0.3 is 4.40 Å². The van der Waals surface area contributed by atoms with E-state index in [2.05, 4.69) is 4.98 Å². The molecule has 2 aromatic heterocycles. The summed E-state index contributed by atoms with van der Waals surface area (Å²) in [6.45, 7) is 1.55. The van der Waals surface area contributed by atoms with Gasteiger partial charge in [-0.3, -0.25) is 4.79 Å². The van der Waals surface area contributed by atoms with Crippen LogP contribution < -0.4 is 0 Å². The van der Waals surface area contributed by atoms with Crippen LogP contribution in [0, 0.1) is 0 Å². The van der Waals surface area contributed by atoms with Crippen LogP contribution >= 0.6 is 11.6 Å². The van der Waals surface area contributed by atoms with Gasteiger partial charge >= 0.3 is 0 Å². The Morgan fingerprint density at radius 1 is 1.56 bits per heavy atom. The van der Waals surface area contributed by atoms with E-state index in [0.29, 0.717) is 16.6 Å². The Balaban J connectivity index is 2.24. The van der Waals surface area contributed by atoms with Crippen LogP contribution in [0.3, 0.4) is 0 Å². The highest BCUT2D eigenvalue weighted by Gasteiger charge is 2.29. The molecule has 0 aliphatic heterocycles. The van der Waals surface area contributed by atoms with E-state index in [1.54, 1.807) is 6.92 Å². The van der Waals surface area contributed by atoms with Crippen molar-refractivity contribution in [3.8, 4) is 0 Å². The van der Waals surface area contributed by atoms with Gasteiger partial charge in [0.15, 0.2) is 10.9 Å². The number of hydrogen-bond donors (Lipinski definition) is 0. The second kappa shape index (κ2) is 3.32. The van der Waals surface area contributed by atoms with Crippen molar-refractivity contribution in [2.45, 2.75) is 25.7 Å². The van der Waals surface area contributed by atoms with Gasteiger partial charge in [-0.05, 0) is 31.9 Å². The van der Waals surface area contributed by atoms with Gasteiger partial charge in [0.1, 0.15) is 5.82 Å². The highest BCUT2D eigenvalue weighted by Crippen LogP contribution is 2.40. The molecular weight excluding hydrogens is 224 g/mol. The Morgan fingerprint density at radius 3 is 2.94 bits per heavy atom. The number of aromatic nitrogens is 2. The van der Waals surface area contributed by atoms with E-state index in [4.69, 9.17) is 11.6 Å². The van der Waals surface area contributed by atoms with Gasteiger partial charge in [0.2, 0.25) is 0 Å². The number of carbonyl (C=O) groups excluding carboxylic acids is 1. The van der Waals surface area contributed by atoms with E-state index in [9.17, 15) is 4.79 Å². The SMILES string of the molecule is CC(=O)c1ccn2c(C3CC3)nc(Cl)c2c1. The number of halogens is 1. The van der Waals surface area contributed by atoms with Gasteiger partial charge in [-0.1, -0.05) is 11.6 Å². The van der Waals surface area contributed by atoms with Crippen molar-refractivity contribution in [3.05, 3.63) is 34.9 Å². The van der Waals surface area contributed by atoms with E-state index in [-0.39, 0.29) is 5.78 Å². The third-order valence-corrected chi connectivity index (χ3v) is 3.25. The summed E-state index contributed by atoms with van der Waals surface area (Å²) in [6.07, 6.45) is 4.26. The highest BCUT2D eigenvalue weighted by atomic mass is 35.5. The van der Waals surface area contributed by atoms with E-state index in [0.717, 1.165) is 11.3 Å². The minimum Gasteiger partial charge on any atom is -0.302 e. The molecule has 16 heavy (non-hydrogen) atoms. The molecule has 82 valence electrons. The number of fused-ring (bicyclic) bond motifs is 1. The number of ketones is 1. The van der Waals surface area contributed by atoms with E-state index >= 15 is 0 Å². The molecule has 1 aliphatic rings. The molecule has 0 saturated heterocycles. The predicted octanol–water partition coefficient (Wildman–Crippen LogP) is 3.07. The zero-order valence-corrected chi connectivity index (χ0v) is 9.66. The topological polar surface area (TPSA) is 34.4 Å². The standard InChI is InChI=1S/C12H11ClN2O/c1-7(16)9-4-5-15-10(6-9)11(13)14-12(15)8-2-3-8/h4-6,8H,2-3H2,1H3. The minimum absolute atomic E-state index is 0.0488. The molecule has 0 amide bonds. The summed E-state index contributed by atoms with van der Waals surface area (Å²) in [5.41, 5.74) is 1.51. The van der Waals surface area contributed by atoms with Gasteiger partial charge in [0.25, 0.3) is 0 Å². The number of imidazole rings is 1. The first kappa shape index (κ1) is 9.85. The average molecular weight is 235 g/mol. The number of rotatable bonds is 2. The third-order valence-electron chi connectivity index (χ3n) is 2.97. The number of hydrogen-bond acceptors (Lipinski definition) is 2. The van der Waals surface area contributed by atoms with E-state index < -0.39 is 0 Å². The Morgan fingerprint density at radius 2 is 2.31 bits per heavy atom. The monoisotopic (exact) mass is 234 g/mol. The Bertz CT molecular complexity index is 584. The molecule has 0 aromatic carbocycles. The predicted molar refractivity (Wildman–Crippen MR) is 62.2 cm³/mol. The fourth-order valence-corrected chi connectivity index (χ4v) is 2.15. The summed E-state index contributed by atoms with van der Waals surface area (Å²) in [7, 11) is 0. The Hall–Kier alpha value is -1.35. The lowest BCUT2D eigenvalue weighted by Crippen LogP contribution is -1.96. The lowest BCUT2D eigenvalue weighted by atomic mass is 10.2. The molecule has 0 N–H and O–H groups in total. The molecule has 1 fully saturated rings. The average Bonchev–Trinajstić information content (AvgIpc) is 3.04. The fourth-order valence-electron chi connectivity index (χ4n) is 1.92. The van der Waals surface area contributed by atoms with Crippen LogP contribution in [0.15, 0.2) is 18.3 Å². The van der Waals surface area contributed by atoms with Crippen molar-refractivity contribution in [1.82, 2.24) is 9.38 Å². The Kier molecular flexibility index (Phi) is 2.04. The van der Waals surface area contributed by atoms with Crippen LogP contribution in [0.1, 0.15) is 41.9 Å². The fraction of sp³-hybridized carbons (Fsp3) is 0.333. The maximum absolute atomic E-state index is 11.3. The summed E-state index contributed by atoms with van der Waals surface area (Å²) in [4.78, 5) is 15.6. The Labute approximate surface area is 98.1 Å². The molecule has 3 nitrogen and oxygen atoms in total. The summed E-state index contributed by atoms with van der Waals surface area (Å²) in [5, 5.41) is 0.491. The first-order chi connectivity index (χ1) is 7.66. The van der Waals surface area contributed by atoms with Crippen LogP contribution in [-0.2, 0) is 0 Å². The van der Waals surface area contributed by atoms with Crippen molar-refractivity contribution in [1.29, 1.82) is 0 Å². The quantitative estimate of drug-likeness (QED) is 0.749. The number of pyridine rings is 1. The minimum atomic E-state index is 0.0488. The zero-order chi connectivity index (χ0) is 11.3. The number of Topliss-reactive ketones (excluding diaryl/α,β-unsaturated/α-hetero) is 1. The maximum atomic E-state index is 11.3. The smallest absolute Gasteiger partial charge is 0.159 e. The number of nitrogens with zero attached hydrogens (tertiary/aromatic N) is 2. The summed E-state index contributed by atoms with van der Waals surface area (Å²) in [6, 6.07) is 3.63.